The lowest BCUT2D eigenvalue weighted by molar-refractivity contribution is -0.159. The van der Waals surface area contributed by atoms with Crippen LogP contribution in [0.4, 0.5) is 0 Å². The summed E-state index contributed by atoms with van der Waals surface area (Å²) in [5.41, 5.74) is 4.82. The molecule has 2 fully saturated rings. The highest BCUT2D eigenvalue weighted by Gasteiger charge is 2.48. The standard InChI is InChI=1S/C15H26N2O3/c1-2-4-14(13(19)20)7-9-17(10-8-14)12(18)15(11-16)5-3-6-15/h2-11,16H2,1H3,(H,19,20). The molecule has 1 heterocycles. The molecule has 5 nitrogen and oxygen atoms in total. The smallest absolute Gasteiger partial charge is 0.309 e. The van der Waals surface area contributed by atoms with E-state index in [1.54, 1.807) is 0 Å². The zero-order valence-corrected chi connectivity index (χ0v) is 12.4. The summed E-state index contributed by atoms with van der Waals surface area (Å²) in [5.74, 6) is -0.551. The van der Waals surface area contributed by atoms with Crippen molar-refractivity contribution < 1.29 is 14.7 Å². The quantitative estimate of drug-likeness (QED) is 0.802. The van der Waals surface area contributed by atoms with Crippen molar-refractivity contribution in [2.45, 2.75) is 51.9 Å². The van der Waals surface area contributed by atoms with E-state index in [9.17, 15) is 14.7 Å². The summed E-state index contributed by atoms with van der Waals surface area (Å²) in [7, 11) is 0. The molecule has 0 bridgehead atoms. The van der Waals surface area contributed by atoms with Gasteiger partial charge in [-0.3, -0.25) is 9.59 Å². The van der Waals surface area contributed by atoms with Crippen molar-refractivity contribution >= 4 is 11.9 Å². The van der Waals surface area contributed by atoms with E-state index in [0.717, 1.165) is 25.7 Å². The lowest BCUT2D eigenvalue weighted by atomic mass is 9.67. The van der Waals surface area contributed by atoms with Gasteiger partial charge in [-0.05, 0) is 32.1 Å². The second-order valence-corrected chi connectivity index (χ2v) is 6.47. The van der Waals surface area contributed by atoms with Crippen molar-refractivity contribution in [3.8, 4) is 0 Å². The molecule has 20 heavy (non-hydrogen) atoms. The van der Waals surface area contributed by atoms with Gasteiger partial charge in [0.2, 0.25) is 5.91 Å². The van der Waals surface area contributed by atoms with Crippen molar-refractivity contribution in [2.75, 3.05) is 19.6 Å². The van der Waals surface area contributed by atoms with E-state index < -0.39 is 11.4 Å². The Morgan fingerprint density at radius 3 is 2.10 bits per heavy atom. The molecule has 0 aromatic carbocycles. The van der Waals surface area contributed by atoms with Gasteiger partial charge in [-0.2, -0.15) is 0 Å². The number of carbonyl (C=O) groups is 2. The molecule has 1 aliphatic heterocycles. The van der Waals surface area contributed by atoms with Crippen LogP contribution in [-0.2, 0) is 9.59 Å². The maximum atomic E-state index is 12.6. The molecule has 1 amide bonds. The minimum atomic E-state index is -0.705. The number of hydrogen-bond donors (Lipinski definition) is 2. The third-order valence-corrected chi connectivity index (χ3v) is 5.35. The van der Waals surface area contributed by atoms with E-state index in [0.29, 0.717) is 38.9 Å². The van der Waals surface area contributed by atoms with Crippen molar-refractivity contribution in [1.82, 2.24) is 4.90 Å². The Hall–Kier alpha value is -1.10. The van der Waals surface area contributed by atoms with Crippen LogP contribution in [0.15, 0.2) is 0 Å². The van der Waals surface area contributed by atoms with Crippen molar-refractivity contribution in [2.24, 2.45) is 16.6 Å². The SMILES string of the molecule is CCCC1(C(=O)O)CCN(C(=O)C2(CN)CCC2)CC1. The number of carboxylic acids is 1. The van der Waals surface area contributed by atoms with Gasteiger partial charge in [-0.25, -0.2) is 0 Å². The first kappa shape index (κ1) is 15.3. The maximum Gasteiger partial charge on any atom is 0.309 e. The normalized spacial score (nSPS) is 24.0. The van der Waals surface area contributed by atoms with Crippen LogP contribution in [-0.4, -0.2) is 41.5 Å². The van der Waals surface area contributed by atoms with Crippen molar-refractivity contribution in [3.05, 3.63) is 0 Å². The Labute approximate surface area is 120 Å². The predicted molar refractivity (Wildman–Crippen MR) is 76.1 cm³/mol. The predicted octanol–water partition coefficient (Wildman–Crippen LogP) is 1.61. The summed E-state index contributed by atoms with van der Waals surface area (Å²) in [6.45, 7) is 3.56. The molecule has 0 spiro atoms. The second kappa shape index (κ2) is 5.72. The van der Waals surface area contributed by atoms with Crippen LogP contribution in [0.1, 0.15) is 51.9 Å². The highest BCUT2D eigenvalue weighted by Crippen LogP contribution is 2.43. The molecule has 114 valence electrons. The van der Waals surface area contributed by atoms with Crippen LogP contribution in [0, 0.1) is 10.8 Å². The number of carboxylic acid groups (broad SMARTS) is 1. The number of nitrogens with two attached hydrogens (primary N) is 1. The first-order chi connectivity index (χ1) is 9.49. The van der Waals surface area contributed by atoms with Gasteiger partial charge < -0.3 is 15.7 Å². The zero-order chi connectivity index (χ0) is 14.8. The molecule has 0 unspecified atom stereocenters. The molecule has 1 saturated carbocycles. The number of piperidine rings is 1. The topological polar surface area (TPSA) is 83.6 Å². The van der Waals surface area contributed by atoms with E-state index in [2.05, 4.69) is 0 Å². The lowest BCUT2D eigenvalue weighted by Crippen LogP contribution is -2.55. The maximum absolute atomic E-state index is 12.6. The number of nitrogens with zero attached hydrogens (tertiary/aromatic N) is 1. The Morgan fingerprint density at radius 1 is 1.15 bits per heavy atom. The van der Waals surface area contributed by atoms with Crippen LogP contribution in [0.3, 0.4) is 0 Å². The van der Waals surface area contributed by atoms with Gasteiger partial charge in [-0.15, -0.1) is 0 Å². The summed E-state index contributed by atoms with van der Waals surface area (Å²) < 4.78 is 0. The number of hydrogen-bond acceptors (Lipinski definition) is 3. The molecule has 1 aliphatic carbocycles. The highest BCUT2D eigenvalue weighted by molar-refractivity contribution is 5.84. The summed E-state index contributed by atoms with van der Waals surface area (Å²) in [5, 5.41) is 9.48. The molecule has 0 aromatic rings. The van der Waals surface area contributed by atoms with Crippen molar-refractivity contribution in [3.63, 3.8) is 0 Å². The fraction of sp³-hybridized carbons (Fsp3) is 0.867. The Bertz CT molecular complexity index is 377. The Morgan fingerprint density at radius 2 is 1.75 bits per heavy atom. The fourth-order valence-electron chi connectivity index (χ4n) is 3.63. The van der Waals surface area contributed by atoms with E-state index in [-0.39, 0.29) is 11.3 Å². The summed E-state index contributed by atoms with van der Waals surface area (Å²) >= 11 is 0. The average Bonchev–Trinajstić information content (AvgIpc) is 2.39. The van der Waals surface area contributed by atoms with Gasteiger partial charge >= 0.3 is 5.97 Å². The monoisotopic (exact) mass is 282 g/mol. The van der Waals surface area contributed by atoms with Gasteiger partial charge in [-0.1, -0.05) is 19.8 Å². The number of carbonyl (C=O) groups excluding carboxylic acids is 1. The average molecular weight is 282 g/mol. The van der Waals surface area contributed by atoms with Crippen LogP contribution < -0.4 is 5.73 Å². The molecular formula is C15H26N2O3. The van der Waals surface area contributed by atoms with Gasteiger partial charge in [0.1, 0.15) is 0 Å². The van der Waals surface area contributed by atoms with E-state index in [1.165, 1.54) is 0 Å². The number of amides is 1. The van der Waals surface area contributed by atoms with Gasteiger partial charge in [0, 0.05) is 19.6 Å². The fourth-order valence-corrected chi connectivity index (χ4v) is 3.63. The third-order valence-electron chi connectivity index (χ3n) is 5.35. The van der Waals surface area contributed by atoms with Gasteiger partial charge in [0.15, 0.2) is 0 Å². The number of rotatable bonds is 5. The second-order valence-electron chi connectivity index (χ2n) is 6.47. The summed E-state index contributed by atoms with van der Waals surface area (Å²) in [4.78, 5) is 26.0. The van der Waals surface area contributed by atoms with Gasteiger partial charge in [0.25, 0.3) is 0 Å². The molecule has 0 aromatic heterocycles. The zero-order valence-electron chi connectivity index (χ0n) is 12.4. The molecule has 0 radical (unpaired) electrons. The molecule has 3 N–H and O–H groups in total. The molecule has 2 rings (SSSR count). The number of likely N-dealkylation sites (tertiary alicyclic amines) is 1. The summed E-state index contributed by atoms with van der Waals surface area (Å²) in [6.07, 6.45) is 5.56. The first-order valence-electron chi connectivity index (χ1n) is 7.72. The van der Waals surface area contributed by atoms with Crippen LogP contribution in [0.2, 0.25) is 0 Å². The minimum absolute atomic E-state index is 0.154. The Kier molecular flexibility index (Phi) is 4.37. The van der Waals surface area contributed by atoms with Crippen molar-refractivity contribution in [1.29, 1.82) is 0 Å². The molecule has 2 aliphatic rings. The highest BCUT2D eigenvalue weighted by atomic mass is 16.4. The minimum Gasteiger partial charge on any atom is -0.481 e. The van der Waals surface area contributed by atoms with Crippen LogP contribution >= 0.6 is 0 Å². The molecule has 0 atom stereocenters. The molecule has 5 heteroatoms. The van der Waals surface area contributed by atoms with E-state index in [4.69, 9.17) is 5.73 Å². The first-order valence-corrected chi connectivity index (χ1v) is 7.72. The lowest BCUT2D eigenvalue weighted by Gasteiger charge is -2.46. The largest absolute Gasteiger partial charge is 0.481 e. The van der Waals surface area contributed by atoms with E-state index >= 15 is 0 Å². The number of aliphatic carboxylic acids is 1. The molecule has 1 saturated heterocycles. The van der Waals surface area contributed by atoms with Crippen LogP contribution in [0.5, 0.6) is 0 Å². The Balaban J connectivity index is 2.00. The summed E-state index contributed by atoms with van der Waals surface area (Å²) in [6, 6.07) is 0. The van der Waals surface area contributed by atoms with Gasteiger partial charge in [0.05, 0.1) is 10.8 Å². The van der Waals surface area contributed by atoms with Crippen LogP contribution in [0.25, 0.3) is 0 Å². The van der Waals surface area contributed by atoms with E-state index in [1.807, 2.05) is 11.8 Å². The third kappa shape index (κ3) is 2.43. The molecular weight excluding hydrogens is 256 g/mol.